The Labute approximate surface area is 220 Å². The molecule has 3 heterocycles. The zero-order valence-corrected chi connectivity index (χ0v) is 21.5. The van der Waals surface area contributed by atoms with Crippen LogP contribution in [-0.4, -0.2) is 72.2 Å². The molecule has 1 N–H and O–H groups in total. The van der Waals surface area contributed by atoms with Crippen molar-refractivity contribution in [1.29, 1.82) is 0 Å². The third kappa shape index (κ3) is 5.51. The van der Waals surface area contributed by atoms with Crippen molar-refractivity contribution in [3.8, 4) is 23.0 Å². The minimum Gasteiger partial charge on any atom is -0.497 e. The number of nitrogens with zero attached hydrogens (tertiary/aromatic N) is 4. The van der Waals surface area contributed by atoms with E-state index in [1.807, 2.05) is 4.90 Å². The molecule has 5 rings (SSSR count). The number of ether oxygens (including phenoxy) is 4. The number of rotatable bonds is 2. The van der Waals surface area contributed by atoms with Gasteiger partial charge in [0, 0.05) is 25.7 Å². The molecule has 2 aromatic carbocycles. The van der Waals surface area contributed by atoms with Crippen LogP contribution in [0.25, 0.3) is 0 Å². The lowest BCUT2D eigenvalue weighted by atomic mass is 9.97. The number of para-hydroxylation sites is 1. The molecule has 1 saturated heterocycles. The average molecular weight is 522 g/mol. The zero-order valence-electron chi connectivity index (χ0n) is 21.5. The Morgan fingerprint density at radius 1 is 1.05 bits per heavy atom. The molecule has 0 spiro atoms. The second kappa shape index (κ2) is 11.4. The molecule has 1 unspecified atom stereocenters. The van der Waals surface area contributed by atoms with Gasteiger partial charge in [-0.15, -0.1) is 5.10 Å². The first-order valence-corrected chi connectivity index (χ1v) is 12.6. The number of carbonyl (C=O) groups excluding carboxylic acids is 2. The Hall–Kier alpha value is -4.28. The summed E-state index contributed by atoms with van der Waals surface area (Å²) >= 11 is 0. The quantitative estimate of drug-likeness (QED) is 0.547. The number of amides is 2. The molecule has 11 nitrogen and oxygen atoms in total. The highest BCUT2D eigenvalue weighted by Gasteiger charge is 2.28. The molecule has 4 bridgehead atoms. The number of hydrogen-bond acceptors (Lipinski definition) is 8. The summed E-state index contributed by atoms with van der Waals surface area (Å²) in [6, 6.07) is 10.4. The van der Waals surface area contributed by atoms with E-state index < -0.39 is 0 Å². The van der Waals surface area contributed by atoms with Crippen molar-refractivity contribution < 1.29 is 28.5 Å². The van der Waals surface area contributed by atoms with Crippen molar-refractivity contribution in [2.45, 2.75) is 26.0 Å². The highest BCUT2D eigenvalue weighted by Crippen LogP contribution is 2.33. The summed E-state index contributed by atoms with van der Waals surface area (Å²) in [6.07, 6.45) is 3.50. The Morgan fingerprint density at radius 3 is 2.79 bits per heavy atom. The summed E-state index contributed by atoms with van der Waals surface area (Å²) in [6.45, 7) is 2.38. The number of aromatic nitrogens is 3. The van der Waals surface area contributed by atoms with Crippen molar-refractivity contribution in [3.63, 3.8) is 0 Å². The zero-order chi connectivity index (χ0) is 26.5. The van der Waals surface area contributed by atoms with Gasteiger partial charge in [0.05, 0.1) is 38.1 Å². The standard InChI is InChI=1S/C27H31N5O6/c1-35-20-8-9-21-24(13-20)37-12-11-32-16-19(29-30-32)17-38-25-22(6-3-7-23(25)36-2)27(34)31-10-4-5-18(15-31)14-28-26(21)33/h3,6-9,13,16,18H,4-5,10-12,14-15,17H2,1-2H3,(H,28,33). The van der Waals surface area contributed by atoms with Crippen LogP contribution >= 0.6 is 0 Å². The molecule has 2 amide bonds. The summed E-state index contributed by atoms with van der Waals surface area (Å²) in [7, 11) is 3.11. The Morgan fingerprint density at radius 2 is 1.95 bits per heavy atom. The second-order valence-corrected chi connectivity index (χ2v) is 9.28. The fraction of sp³-hybridized carbons (Fsp3) is 0.407. The van der Waals surface area contributed by atoms with Gasteiger partial charge in [-0.3, -0.25) is 9.59 Å². The molecule has 0 radical (unpaired) electrons. The molecule has 38 heavy (non-hydrogen) atoms. The first kappa shape index (κ1) is 25.4. The van der Waals surface area contributed by atoms with E-state index in [2.05, 4.69) is 15.6 Å². The molecular weight excluding hydrogens is 490 g/mol. The van der Waals surface area contributed by atoms with Gasteiger partial charge >= 0.3 is 0 Å². The Balaban J connectivity index is 1.45. The molecule has 2 aliphatic heterocycles. The SMILES string of the molecule is COc1ccc2c(c1)OCCn1cc(nn1)COc1c(OC)cccc1C(=O)N1CCCC(CNC2=O)C1. The van der Waals surface area contributed by atoms with Gasteiger partial charge < -0.3 is 29.2 Å². The number of carbonyl (C=O) groups is 2. The van der Waals surface area contributed by atoms with Gasteiger partial charge in [-0.1, -0.05) is 11.3 Å². The van der Waals surface area contributed by atoms with Crippen molar-refractivity contribution in [1.82, 2.24) is 25.2 Å². The van der Waals surface area contributed by atoms with Crippen LogP contribution in [0.4, 0.5) is 0 Å². The predicted octanol–water partition coefficient (Wildman–Crippen LogP) is 2.55. The van der Waals surface area contributed by atoms with E-state index >= 15 is 0 Å². The van der Waals surface area contributed by atoms with Crippen molar-refractivity contribution in [2.24, 2.45) is 5.92 Å². The van der Waals surface area contributed by atoms with E-state index in [4.69, 9.17) is 18.9 Å². The predicted molar refractivity (Wildman–Crippen MR) is 137 cm³/mol. The van der Waals surface area contributed by atoms with Crippen LogP contribution in [0.3, 0.4) is 0 Å². The maximum absolute atomic E-state index is 13.6. The van der Waals surface area contributed by atoms with Crippen LogP contribution in [0, 0.1) is 5.92 Å². The summed E-state index contributed by atoms with van der Waals surface area (Å²) in [5.74, 6) is 1.59. The molecule has 0 saturated carbocycles. The van der Waals surface area contributed by atoms with Crippen molar-refractivity contribution in [2.75, 3.05) is 40.5 Å². The lowest BCUT2D eigenvalue weighted by Crippen LogP contribution is -2.43. The van der Waals surface area contributed by atoms with Crippen LogP contribution in [0.1, 0.15) is 39.3 Å². The van der Waals surface area contributed by atoms with Crippen LogP contribution in [0.5, 0.6) is 23.0 Å². The molecular formula is C27H31N5O6. The Kier molecular flexibility index (Phi) is 7.62. The number of fused-ring (bicyclic) bond motifs is 6. The number of benzene rings is 2. The largest absolute Gasteiger partial charge is 0.497 e. The summed E-state index contributed by atoms with van der Waals surface area (Å²) in [4.78, 5) is 28.6. The van der Waals surface area contributed by atoms with Gasteiger partial charge in [-0.2, -0.15) is 0 Å². The maximum atomic E-state index is 13.6. The average Bonchev–Trinajstić information content (AvgIpc) is 3.41. The molecule has 200 valence electrons. The Bertz CT molecular complexity index is 1310. The molecule has 1 fully saturated rings. The lowest BCUT2D eigenvalue weighted by molar-refractivity contribution is 0.0665. The van der Waals surface area contributed by atoms with E-state index in [-0.39, 0.29) is 30.9 Å². The summed E-state index contributed by atoms with van der Waals surface area (Å²) in [5, 5.41) is 11.4. The molecule has 1 aromatic heterocycles. The number of piperidine rings is 1. The molecule has 11 heteroatoms. The normalized spacial score (nSPS) is 18.4. The van der Waals surface area contributed by atoms with E-state index in [1.54, 1.807) is 61.5 Å². The molecule has 0 aliphatic carbocycles. The van der Waals surface area contributed by atoms with E-state index in [0.29, 0.717) is 66.0 Å². The fourth-order valence-electron chi connectivity index (χ4n) is 4.76. The molecule has 3 aromatic rings. The first-order chi connectivity index (χ1) is 18.6. The van der Waals surface area contributed by atoms with E-state index in [1.165, 1.54) is 0 Å². The minimum absolute atomic E-state index is 0.114. The summed E-state index contributed by atoms with van der Waals surface area (Å²) < 4.78 is 24.5. The van der Waals surface area contributed by atoms with Crippen LogP contribution in [0.2, 0.25) is 0 Å². The van der Waals surface area contributed by atoms with Gasteiger partial charge in [0.2, 0.25) is 0 Å². The van der Waals surface area contributed by atoms with Gasteiger partial charge in [-0.25, -0.2) is 4.68 Å². The fourth-order valence-corrected chi connectivity index (χ4v) is 4.76. The van der Waals surface area contributed by atoms with Gasteiger partial charge in [0.25, 0.3) is 11.8 Å². The highest BCUT2D eigenvalue weighted by atomic mass is 16.5. The summed E-state index contributed by atoms with van der Waals surface area (Å²) in [5.41, 5.74) is 1.43. The van der Waals surface area contributed by atoms with Gasteiger partial charge in [0.15, 0.2) is 11.5 Å². The number of methoxy groups -OCH3 is 2. The smallest absolute Gasteiger partial charge is 0.257 e. The van der Waals surface area contributed by atoms with Gasteiger partial charge in [0.1, 0.15) is 30.4 Å². The molecule has 2 aliphatic rings. The van der Waals surface area contributed by atoms with Crippen molar-refractivity contribution >= 4 is 11.8 Å². The van der Waals surface area contributed by atoms with Crippen LogP contribution in [0.15, 0.2) is 42.6 Å². The van der Waals surface area contributed by atoms with Crippen molar-refractivity contribution in [3.05, 3.63) is 59.4 Å². The van der Waals surface area contributed by atoms with Crippen LogP contribution < -0.4 is 24.3 Å². The molecule has 1 atom stereocenters. The number of nitrogens with one attached hydrogen (secondary N) is 1. The second-order valence-electron chi connectivity index (χ2n) is 9.28. The number of hydrogen-bond donors (Lipinski definition) is 1. The van der Waals surface area contributed by atoms with E-state index in [0.717, 1.165) is 12.8 Å². The van der Waals surface area contributed by atoms with E-state index in [9.17, 15) is 9.59 Å². The third-order valence-corrected chi connectivity index (χ3v) is 6.75. The maximum Gasteiger partial charge on any atom is 0.257 e. The topological polar surface area (TPSA) is 117 Å². The third-order valence-electron chi connectivity index (χ3n) is 6.75. The lowest BCUT2D eigenvalue weighted by Gasteiger charge is -2.33. The monoisotopic (exact) mass is 521 g/mol. The minimum atomic E-state index is -0.240. The van der Waals surface area contributed by atoms with Gasteiger partial charge in [-0.05, 0) is 43.0 Å². The highest BCUT2D eigenvalue weighted by molar-refractivity contribution is 5.98. The van der Waals surface area contributed by atoms with Crippen LogP contribution in [-0.2, 0) is 13.2 Å². The first-order valence-electron chi connectivity index (χ1n) is 12.6.